The summed E-state index contributed by atoms with van der Waals surface area (Å²) in [6, 6.07) is 15.7. The first-order valence-electron chi connectivity index (χ1n) is 9.28. The number of phenolic OH excluding ortho intramolecular Hbond substituents is 1. The first kappa shape index (κ1) is 18.1. The molecular formula is C22H26N2O2. The molecule has 3 aromatic rings. The van der Waals surface area contributed by atoms with Gasteiger partial charge < -0.3 is 15.0 Å². The number of aromatic hydroxyl groups is 1. The van der Waals surface area contributed by atoms with Crippen LogP contribution in [0.3, 0.4) is 0 Å². The summed E-state index contributed by atoms with van der Waals surface area (Å²) in [7, 11) is 0. The molecule has 0 aliphatic heterocycles. The molecule has 4 nitrogen and oxygen atoms in total. The molecule has 0 atom stereocenters. The van der Waals surface area contributed by atoms with Crippen LogP contribution in [0.2, 0.25) is 0 Å². The predicted molar refractivity (Wildman–Crippen MR) is 105 cm³/mol. The molecule has 2 N–H and O–H groups in total. The summed E-state index contributed by atoms with van der Waals surface area (Å²) in [4.78, 5) is 11.8. The summed E-state index contributed by atoms with van der Waals surface area (Å²) in [5, 5.41) is 13.6. The Morgan fingerprint density at radius 3 is 2.65 bits per heavy atom. The van der Waals surface area contributed by atoms with Gasteiger partial charge in [0.25, 0.3) is 0 Å². The van der Waals surface area contributed by atoms with Crippen molar-refractivity contribution in [1.82, 2.24) is 9.88 Å². The van der Waals surface area contributed by atoms with E-state index in [1.165, 1.54) is 16.5 Å². The van der Waals surface area contributed by atoms with Gasteiger partial charge in [-0.1, -0.05) is 37.3 Å². The van der Waals surface area contributed by atoms with Crippen molar-refractivity contribution in [1.29, 1.82) is 0 Å². The van der Waals surface area contributed by atoms with Crippen LogP contribution in [0.1, 0.15) is 37.3 Å². The Balaban J connectivity index is 1.72. The Hall–Kier alpha value is -2.75. The molecule has 26 heavy (non-hydrogen) atoms. The molecule has 2 aromatic carbocycles. The first-order valence-corrected chi connectivity index (χ1v) is 9.28. The van der Waals surface area contributed by atoms with Crippen LogP contribution in [0, 0.1) is 0 Å². The standard InChI is InChI=1S/C22H26N2O2/c1-2-14-23-22(26)9-5-6-18-16-24(21-8-4-3-7-20(18)21)15-17-10-12-19(25)13-11-17/h3-4,7-8,10-13,16,25H,2,5-6,9,14-15H2,1H3,(H,23,26). The third-order valence-electron chi connectivity index (χ3n) is 4.58. The van der Waals surface area contributed by atoms with E-state index in [2.05, 4.69) is 47.3 Å². The van der Waals surface area contributed by atoms with Crippen molar-refractivity contribution in [2.45, 2.75) is 39.2 Å². The summed E-state index contributed by atoms with van der Waals surface area (Å²) < 4.78 is 2.24. The van der Waals surface area contributed by atoms with Gasteiger partial charge in [0.1, 0.15) is 5.75 Å². The Bertz CT molecular complexity index is 865. The molecule has 3 rings (SSSR count). The molecule has 1 aromatic heterocycles. The van der Waals surface area contributed by atoms with Crippen molar-refractivity contribution in [3.8, 4) is 5.75 Å². The van der Waals surface area contributed by atoms with E-state index in [0.717, 1.165) is 37.9 Å². The summed E-state index contributed by atoms with van der Waals surface area (Å²) in [6.07, 6.45) is 5.47. The zero-order chi connectivity index (χ0) is 18.4. The molecule has 1 amide bonds. The lowest BCUT2D eigenvalue weighted by atomic mass is 10.1. The molecule has 4 heteroatoms. The molecule has 0 unspecified atom stereocenters. The number of carbonyl (C=O) groups excluding carboxylic acids is 1. The Morgan fingerprint density at radius 1 is 1.12 bits per heavy atom. The number of nitrogens with one attached hydrogen (secondary N) is 1. The third-order valence-corrected chi connectivity index (χ3v) is 4.58. The van der Waals surface area contributed by atoms with E-state index in [1.54, 1.807) is 12.1 Å². The first-order chi connectivity index (χ1) is 12.7. The summed E-state index contributed by atoms with van der Waals surface area (Å²) in [5.41, 5.74) is 3.63. The average molecular weight is 350 g/mol. The van der Waals surface area contributed by atoms with Gasteiger partial charge in [-0.3, -0.25) is 4.79 Å². The largest absolute Gasteiger partial charge is 0.508 e. The van der Waals surface area contributed by atoms with Crippen molar-refractivity contribution < 1.29 is 9.90 Å². The highest BCUT2D eigenvalue weighted by Gasteiger charge is 2.09. The summed E-state index contributed by atoms with van der Waals surface area (Å²) in [6.45, 7) is 3.58. The van der Waals surface area contributed by atoms with Crippen LogP contribution in [0.15, 0.2) is 54.7 Å². The van der Waals surface area contributed by atoms with Gasteiger partial charge in [-0.25, -0.2) is 0 Å². The fraction of sp³-hybridized carbons (Fsp3) is 0.318. The minimum atomic E-state index is 0.139. The molecule has 0 saturated heterocycles. The van der Waals surface area contributed by atoms with Gasteiger partial charge in [-0.15, -0.1) is 0 Å². The Kier molecular flexibility index (Phi) is 5.95. The Labute approximate surface area is 154 Å². The van der Waals surface area contributed by atoms with E-state index in [4.69, 9.17) is 0 Å². The number of hydrogen-bond donors (Lipinski definition) is 2. The van der Waals surface area contributed by atoms with Crippen LogP contribution in [0.4, 0.5) is 0 Å². The smallest absolute Gasteiger partial charge is 0.220 e. The van der Waals surface area contributed by atoms with Crippen molar-refractivity contribution in [2.75, 3.05) is 6.54 Å². The highest BCUT2D eigenvalue weighted by Crippen LogP contribution is 2.24. The predicted octanol–water partition coefficient (Wildman–Crippen LogP) is 4.24. The van der Waals surface area contributed by atoms with Crippen LogP contribution >= 0.6 is 0 Å². The van der Waals surface area contributed by atoms with Crippen molar-refractivity contribution in [2.24, 2.45) is 0 Å². The van der Waals surface area contributed by atoms with Crippen molar-refractivity contribution in [3.63, 3.8) is 0 Å². The zero-order valence-corrected chi connectivity index (χ0v) is 15.2. The number of hydrogen-bond acceptors (Lipinski definition) is 2. The van der Waals surface area contributed by atoms with Gasteiger partial charge in [-0.2, -0.15) is 0 Å². The van der Waals surface area contributed by atoms with Crippen LogP contribution in [0.25, 0.3) is 10.9 Å². The Morgan fingerprint density at radius 2 is 1.88 bits per heavy atom. The van der Waals surface area contributed by atoms with Gasteiger partial charge in [0.2, 0.25) is 5.91 Å². The average Bonchev–Trinajstić information content (AvgIpc) is 3.00. The molecule has 0 saturated carbocycles. The van der Waals surface area contributed by atoms with Gasteiger partial charge in [0.15, 0.2) is 0 Å². The monoisotopic (exact) mass is 350 g/mol. The molecule has 0 spiro atoms. The van der Waals surface area contributed by atoms with Crippen LogP contribution < -0.4 is 5.32 Å². The fourth-order valence-corrected chi connectivity index (χ4v) is 3.24. The number of aromatic nitrogens is 1. The lowest BCUT2D eigenvalue weighted by molar-refractivity contribution is -0.121. The number of phenols is 1. The lowest BCUT2D eigenvalue weighted by Crippen LogP contribution is -2.23. The van der Waals surface area contributed by atoms with Crippen LogP contribution in [-0.2, 0) is 17.8 Å². The molecule has 0 fully saturated rings. The quantitative estimate of drug-likeness (QED) is 0.638. The maximum absolute atomic E-state index is 11.8. The third kappa shape index (κ3) is 4.45. The highest BCUT2D eigenvalue weighted by atomic mass is 16.3. The molecule has 0 radical (unpaired) electrons. The van der Waals surface area contributed by atoms with Gasteiger partial charge in [0, 0.05) is 36.6 Å². The number of para-hydroxylation sites is 1. The minimum absolute atomic E-state index is 0.139. The number of fused-ring (bicyclic) bond motifs is 1. The maximum atomic E-state index is 11.8. The number of amides is 1. The summed E-state index contributed by atoms with van der Waals surface area (Å²) >= 11 is 0. The van der Waals surface area contributed by atoms with E-state index in [-0.39, 0.29) is 11.7 Å². The molecular weight excluding hydrogens is 324 g/mol. The fourth-order valence-electron chi connectivity index (χ4n) is 3.24. The van der Waals surface area contributed by atoms with Crippen LogP contribution in [0.5, 0.6) is 5.75 Å². The van der Waals surface area contributed by atoms with E-state index in [0.29, 0.717) is 6.42 Å². The number of benzene rings is 2. The normalized spacial score (nSPS) is 11.0. The molecule has 0 aliphatic carbocycles. The van der Waals surface area contributed by atoms with Gasteiger partial charge in [-0.05, 0) is 48.6 Å². The SMILES string of the molecule is CCCNC(=O)CCCc1cn(Cc2ccc(O)cc2)c2ccccc12. The van der Waals surface area contributed by atoms with E-state index >= 15 is 0 Å². The second kappa shape index (κ2) is 8.56. The zero-order valence-electron chi connectivity index (χ0n) is 15.2. The number of rotatable bonds is 8. The van der Waals surface area contributed by atoms with E-state index in [1.807, 2.05) is 12.1 Å². The summed E-state index contributed by atoms with van der Waals surface area (Å²) in [5.74, 6) is 0.424. The second-order valence-electron chi connectivity index (χ2n) is 6.67. The van der Waals surface area contributed by atoms with Crippen LogP contribution in [-0.4, -0.2) is 22.1 Å². The lowest BCUT2D eigenvalue weighted by Gasteiger charge is -2.05. The maximum Gasteiger partial charge on any atom is 0.220 e. The molecule has 0 bridgehead atoms. The topological polar surface area (TPSA) is 54.3 Å². The van der Waals surface area contributed by atoms with Gasteiger partial charge >= 0.3 is 0 Å². The minimum Gasteiger partial charge on any atom is -0.508 e. The number of aryl methyl sites for hydroxylation is 1. The number of nitrogens with zero attached hydrogens (tertiary/aromatic N) is 1. The van der Waals surface area contributed by atoms with E-state index in [9.17, 15) is 9.90 Å². The highest BCUT2D eigenvalue weighted by molar-refractivity contribution is 5.84. The van der Waals surface area contributed by atoms with Gasteiger partial charge in [0.05, 0.1) is 0 Å². The molecule has 1 heterocycles. The molecule has 136 valence electrons. The molecule has 0 aliphatic rings. The van der Waals surface area contributed by atoms with Crippen molar-refractivity contribution >= 4 is 16.8 Å². The van der Waals surface area contributed by atoms with E-state index < -0.39 is 0 Å². The second-order valence-corrected chi connectivity index (χ2v) is 6.67. The number of carbonyl (C=O) groups is 1. The van der Waals surface area contributed by atoms with Crippen molar-refractivity contribution in [3.05, 3.63) is 65.9 Å².